The van der Waals surface area contributed by atoms with Crippen LogP contribution in [0.1, 0.15) is 25.9 Å². The van der Waals surface area contributed by atoms with Crippen molar-refractivity contribution in [2.45, 2.75) is 19.9 Å². The lowest BCUT2D eigenvalue weighted by atomic mass is 10.2. The van der Waals surface area contributed by atoms with Crippen LogP contribution in [0, 0.1) is 12.7 Å². The standard InChI is InChI=1S/C20H18FN3O2S/c1-13-19(20(26)22-12-14-5-3-2-4-6-14)27-18(23-13)11-17(25)24-16-9-7-15(21)8-10-16/h2-10H,11-12H2,1H3,(H,22,26)(H,24,25). The number of benzene rings is 2. The molecule has 0 aliphatic carbocycles. The summed E-state index contributed by atoms with van der Waals surface area (Å²) in [5.74, 6) is -0.847. The van der Waals surface area contributed by atoms with Crippen molar-refractivity contribution in [2.75, 3.05) is 5.32 Å². The highest BCUT2D eigenvalue weighted by Gasteiger charge is 2.17. The van der Waals surface area contributed by atoms with Crippen LogP contribution < -0.4 is 10.6 Å². The Morgan fingerprint density at radius 2 is 1.78 bits per heavy atom. The summed E-state index contributed by atoms with van der Waals surface area (Å²) in [5, 5.41) is 6.10. The second-order valence-corrected chi connectivity index (χ2v) is 7.01. The van der Waals surface area contributed by atoms with Crippen LogP contribution in [0.25, 0.3) is 0 Å². The quantitative estimate of drug-likeness (QED) is 0.682. The molecule has 0 unspecified atom stereocenters. The summed E-state index contributed by atoms with van der Waals surface area (Å²) in [6, 6.07) is 15.1. The third-order valence-electron chi connectivity index (χ3n) is 3.78. The zero-order chi connectivity index (χ0) is 19.2. The normalized spacial score (nSPS) is 10.4. The minimum absolute atomic E-state index is 0.0504. The van der Waals surface area contributed by atoms with Gasteiger partial charge in [-0.1, -0.05) is 30.3 Å². The molecule has 27 heavy (non-hydrogen) atoms. The molecule has 2 amide bonds. The largest absolute Gasteiger partial charge is 0.347 e. The van der Waals surface area contributed by atoms with Crippen molar-refractivity contribution in [3.63, 3.8) is 0 Å². The zero-order valence-corrected chi connectivity index (χ0v) is 15.5. The fourth-order valence-corrected chi connectivity index (χ4v) is 3.45. The van der Waals surface area contributed by atoms with Crippen LogP contribution in [0.3, 0.4) is 0 Å². The van der Waals surface area contributed by atoms with Crippen LogP contribution in [0.2, 0.25) is 0 Å². The summed E-state index contributed by atoms with van der Waals surface area (Å²) in [5.41, 5.74) is 2.11. The first-order chi connectivity index (χ1) is 13.0. The molecule has 0 bridgehead atoms. The fraction of sp³-hybridized carbons (Fsp3) is 0.150. The first-order valence-electron chi connectivity index (χ1n) is 8.35. The predicted octanol–water partition coefficient (Wildman–Crippen LogP) is 3.70. The second-order valence-electron chi connectivity index (χ2n) is 5.92. The Kier molecular flexibility index (Phi) is 5.93. The van der Waals surface area contributed by atoms with Gasteiger partial charge in [-0.3, -0.25) is 9.59 Å². The minimum Gasteiger partial charge on any atom is -0.347 e. The molecule has 1 aromatic heterocycles. The maximum atomic E-state index is 12.9. The molecular weight excluding hydrogens is 365 g/mol. The number of rotatable bonds is 6. The molecule has 0 atom stereocenters. The van der Waals surface area contributed by atoms with Gasteiger partial charge in [0.25, 0.3) is 5.91 Å². The molecule has 0 aliphatic heterocycles. The maximum absolute atomic E-state index is 12.9. The number of halogens is 1. The van der Waals surface area contributed by atoms with Crippen molar-refractivity contribution >= 4 is 28.8 Å². The topological polar surface area (TPSA) is 71.1 Å². The number of aromatic nitrogens is 1. The molecule has 0 radical (unpaired) electrons. The molecule has 2 N–H and O–H groups in total. The smallest absolute Gasteiger partial charge is 0.263 e. The molecule has 138 valence electrons. The molecule has 0 fully saturated rings. The monoisotopic (exact) mass is 383 g/mol. The van der Waals surface area contributed by atoms with Crippen molar-refractivity contribution in [3.8, 4) is 0 Å². The molecule has 5 nitrogen and oxygen atoms in total. The molecule has 0 spiro atoms. The average Bonchev–Trinajstić information content (AvgIpc) is 3.02. The van der Waals surface area contributed by atoms with Gasteiger partial charge in [0.05, 0.1) is 12.1 Å². The lowest BCUT2D eigenvalue weighted by Gasteiger charge is -2.04. The molecule has 7 heteroatoms. The van der Waals surface area contributed by atoms with Gasteiger partial charge in [-0.15, -0.1) is 11.3 Å². The van der Waals surface area contributed by atoms with Crippen LogP contribution in [0.15, 0.2) is 54.6 Å². The van der Waals surface area contributed by atoms with Crippen molar-refractivity contribution in [2.24, 2.45) is 0 Å². The van der Waals surface area contributed by atoms with Gasteiger partial charge >= 0.3 is 0 Å². The Labute approximate surface area is 160 Å². The molecule has 0 aliphatic rings. The number of nitrogens with one attached hydrogen (secondary N) is 2. The Morgan fingerprint density at radius 3 is 2.48 bits per heavy atom. The number of carbonyl (C=O) groups excluding carboxylic acids is 2. The van der Waals surface area contributed by atoms with Crippen LogP contribution >= 0.6 is 11.3 Å². The number of amides is 2. The van der Waals surface area contributed by atoms with Gasteiger partial charge in [0.2, 0.25) is 5.91 Å². The van der Waals surface area contributed by atoms with Crippen molar-refractivity contribution in [3.05, 3.63) is 81.6 Å². The van der Waals surface area contributed by atoms with Gasteiger partial charge in [-0.2, -0.15) is 0 Å². The highest BCUT2D eigenvalue weighted by molar-refractivity contribution is 7.13. The van der Waals surface area contributed by atoms with Crippen LogP contribution in [-0.2, 0) is 17.8 Å². The number of nitrogens with zero attached hydrogens (tertiary/aromatic N) is 1. The summed E-state index contributed by atoms with van der Waals surface area (Å²) in [4.78, 5) is 29.3. The highest BCUT2D eigenvalue weighted by Crippen LogP contribution is 2.19. The molecule has 0 saturated heterocycles. The lowest BCUT2D eigenvalue weighted by Crippen LogP contribution is -2.22. The SMILES string of the molecule is Cc1nc(CC(=O)Nc2ccc(F)cc2)sc1C(=O)NCc1ccccc1. The van der Waals surface area contributed by atoms with Gasteiger partial charge in [0.15, 0.2) is 0 Å². The summed E-state index contributed by atoms with van der Waals surface area (Å²) in [6.45, 7) is 2.17. The summed E-state index contributed by atoms with van der Waals surface area (Å²) >= 11 is 1.20. The van der Waals surface area contributed by atoms with E-state index < -0.39 is 0 Å². The number of thiazole rings is 1. The molecule has 2 aromatic carbocycles. The van der Waals surface area contributed by atoms with Crippen LogP contribution in [0.4, 0.5) is 10.1 Å². The first kappa shape index (κ1) is 18.7. The van der Waals surface area contributed by atoms with E-state index in [0.29, 0.717) is 27.8 Å². The molecule has 3 rings (SSSR count). The van der Waals surface area contributed by atoms with Crippen molar-refractivity contribution in [1.29, 1.82) is 0 Å². The lowest BCUT2D eigenvalue weighted by molar-refractivity contribution is -0.115. The third kappa shape index (κ3) is 5.21. The van der Waals surface area contributed by atoms with Crippen LogP contribution in [-0.4, -0.2) is 16.8 Å². The van der Waals surface area contributed by atoms with E-state index >= 15 is 0 Å². The Bertz CT molecular complexity index is 940. The zero-order valence-electron chi connectivity index (χ0n) is 14.7. The highest BCUT2D eigenvalue weighted by atomic mass is 32.1. The number of hydrogen-bond donors (Lipinski definition) is 2. The van der Waals surface area contributed by atoms with E-state index in [1.54, 1.807) is 6.92 Å². The Hall–Kier alpha value is -3.06. The van der Waals surface area contributed by atoms with Gasteiger partial charge in [0, 0.05) is 12.2 Å². The van der Waals surface area contributed by atoms with E-state index in [1.807, 2.05) is 30.3 Å². The molecule has 3 aromatic rings. The summed E-state index contributed by atoms with van der Waals surface area (Å²) in [6.07, 6.45) is 0.0504. The van der Waals surface area contributed by atoms with E-state index in [2.05, 4.69) is 15.6 Å². The van der Waals surface area contributed by atoms with E-state index in [9.17, 15) is 14.0 Å². The van der Waals surface area contributed by atoms with E-state index in [-0.39, 0.29) is 24.1 Å². The predicted molar refractivity (Wildman–Crippen MR) is 103 cm³/mol. The van der Waals surface area contributed by atoms with E-state index in [1.165, 1.54) is 35.6 Å². The minimum atomic E-state index is -0.366. The summed E-state index contributed by atoms with van der Waals surface area (Å²) < 4.78 is 12.9. The molecular formula is C20H18FN3O2S. The van der Waals surface area contributed by atoms with Crippen molar-refractivity contribution < 1.29 is 14.0 Å². The van der Waals surface area contributed by atoms with Gasteiger partial charge in [-0.05, 0) is 36.8 Å². The molecule has 0 saturated carbocycles. The average molecular weight is 383 g/mol. The van der Waals surface area contributed by atoms with Crippen LogP contribution in [0.5, 0.6) is 0 Å². The third-order valence-corrected chi connectivity index (χ3v) is 4.94. The number of aryl methyl sites for hydroxylation is 1. The second kappa shape index (κ2) is 8.55. The maximum Gasteiger partial charge on any atom is 0.263 e. The van der Waals surface area contributed by atoms with Gasteiger partial charge in [-0.25, -0.2) is 9.37 Å². The number of hydrogen-bond acceptors (Lipinski definition) is 4. The molecule has 1 heterocycles. The van der Waals surface area contributed by atoms with Gasteiger partial charge < -0.3 is 10.6 Å². The Morgan fingerprint density at radius 1 is 1.07 bits per heavy atom. The summed E-state index contributed by atoms with van der Waals surface area (Å²) in [7, 11) is 0. The Balaban J connectivity index is 1.59. The van der Waals surface area contributed by atoms with E-state index in [0.717, 1.165) is 5.56 Å². The number of anilines is 1. The van der Waals surface area contributed by atoms with Gasteiger partial charge in [0.1, 0.15) is 15.7 Å². The number of carbonyl (C=O) groups is 2. The first-order valence-corrected chi connectivity index (χ1v) is 9.17. The van der Waals surface area contributed by atoms with E-state index in [4.69, 9.17) is 0 Å². The fourth-order valence-electron chi connectivity index (χ4n) is 2.47. The van der Waals surface area contributed by atoms with Crippen molar-refractivity contribution in [1.82, 2.24) is 10.3 Å².